The smallest absolute Gasteiger partial charge is 0.303 e. The summed E-state index contributed by atoms with van der Waals surface area (Å²) in [5, 5.41) is 23.6. The number of carbonyl (C=O) groups excluding carboxylic acids is 5. The first-order valence-electron chi connectivity index (χ1n) is 21.5. The summed E-state index contributed by atoms with van der Waals surface area (Å²) in [5.41, 5.74) is 4.69. The molecule has 6 aromatic rings. The number of carboxylic acids is 1. The minimum Gasteiger partial charge on any atom is -0.484 e. The molecule has 2 bridgehead atoms. The van der Waals surface area contributed by atoms with Crippen LogP contribution < -0.4 is 31.3 Å². The van der Waals surface area contributed by atoms with E-state index >= 15 is 4.39 Å². The molecule has 4 atom stereocenters. The molecule has 0 radical (unpaired) electrons. The molecule has 7 N–H and O–H groups in total. The van der Waals surface area contributed by atoms with Crippen molar-refractivity contribution in [3.05, 3.63) is 168 Å². The predicted molar refractivity (Wildman–Crippen MR) is 246 cm³/mol. The number of aromatic amines is 1. The van der Waals surface area contributed by atoms with Crippen LogP contribution in [0.5, 0.6) is 5.75 Å². The number of aromatic nitrogens is 1. The Labute approximate surface area is 380 Å². The second-order valence-corrected chi connectivity index (χ2v) is 15.9. The second-order valence-electron chi connectivity index (χ2n) is 15.9. The Bertz CT molecular complexity index is 2720. The molecule has 8 rings (SSSR count). The third-order valence-electron chi connectivity index (χ3n) is 11.2. The number of halogens is 1. The molecule has 4 unspecified atom stereocenters. The summed E-state index contributed by atoms with van der Waals surface area (Å²) in [6, 6.07) is 31.1. The lowest BCUT2D eigenvalue weighted by Gasteiger charge is -2.27. The summed E-state index contributed by atoms with van der Waals surface area (Å²) in [4.78, 5) is 85.5. The van der Waals surface area contributed by atoms with E-state index in [1.807, 2.05) is 78.9 Å². The van der Waals surface area contributed by atoms with Gasteiger partial charge in [-0.1, -0.05) is 110 Å². The molecule has 5 amide bonds. The number of benzene rings is 5. The summed E-state index contributed by atoms with van der Waals surface area (Å²) in [5.74, 6) is -5.12. The van der Waals surface area contributed by atoms with Crippen molar-refractivity contribution in [3.63, 3.8) is 0 Å². The van der Waals surface area contributed by atoms with Gasteiger partial charge in [-0.15, -0.1) is 0 Å². The number of hydrogen-bond donors (Lipinski definition) is 7. The van der Waals surface area contributed by atoms with Crippen molar-refractivity contribution < 1.29 is 43.0 Å². The van der Waals surface area contributed by atoms with Crippen molar-refractivity contribution in [2.45, 2.75) is 56.3 Å². The molecule has 3 heterocycles. The molecule has 1 aromatic heterocycles. The lowest BCUT2D eigenvalue weighted by Crippen LogP contribution is -2.59. The van der Waals surface area contributed by atoms with Gasteiger partial charge in [0, 0.05) is 54.9 Å². The summed E-state index contributed by atoms with van der Waals surface area (Å²) < 4.78 is 21.1. The van der Waals surface area contributed by atoms with Gasteiger partial charge in [-0.3, -0.25) is 28.8 Å². The highest BCUT2D eigenvalue weighted by atomic mass is 19.1. The first-order chi connectivity index (χ1) is 31.9. The van der Waals surface area contributed by atoms with Crippen LogP contribution in [0.2, 0.25) is 0 Å². The minimum atomic E-state index is -1.48. The van der Waals surface area contributed by atoms with E-state index in [0.29, 0.717) is 22.4 Å². The average molecular weight is 893 g/mol. The van der Waals surface area contributed by atoms with Crippen LogP contribution in [0.1, 0.15) is 35.1 Å². The number of carbonyl (C=O) groups is 6. The van der Waals surface area contributed by atoms with Crippen molar-refractivity contribution in [1.29, 1.82) is 0 Å². The highest BCUT2D eigenvalue weighted by molar-refractivity contribution is 6.05. The normalized spacial score (nSPS) is 18.3. The zero-order chi connectivity index (χ0) is 46.6. The zero-order valence-corrected chi connectivity index (χ0v) is 35.9. The molecular weight excluding hydrogens is 844 g/mol. The maximum atomic E-state index is 15.3. The first kappa shape index (κ1) is 45.9. The molecule has 2 aliphatic heterocycles. The number of carboxylic acid groups (broad SMARTS) is 1. The number of ether oxygens (including phenoxy) is 1. The van der Waals surface area contributed by atoms with Gasteiger partial charge < -0.3 is 41.4 Å². The highest BCUT2D eigenvalue weighted by Crippen LogP contribution is 2.27. The van der Waals surface area contributed by atoms with Crippen LogP contribution in [0.25, 0.3) is 27.6 Å². The Kier molecular flexibility index (Phi) is 15.0. The molecule has 0 aliphatic carbocycles. The SMILES string of the molecule is C=C(c1c[nH]c2ccccc12)C1NC(=O)COc2ccc(cc2)CC(C(=O)NCCCC(=O)O)NC(=O)C(Cc2ccccc2F)NC(=O)C(Cc2ccc(-c3ccccc3)cc2)NC1=O. The monoisotopic (exact) mass is 892 g/mol. The van der Waals surface area contributed by atoms with Gasteiger partial charge in [0.25, 0.3) is 5.91 Å². The van der Waals surface area contributed by atoms with Crippen LogP contribution >= 0.6 is 0 Å². The standard InChI is InChI=1S/C51H49FN6O8/c1-31(39-29-54-41-15-8-6-13-38(39)41)47-51(65)57-43(27-32-17-21-35(22-18-32)34-10-3-2-4-11-34)49(63)56-44(28-36-12-5-7-14-40(36)52)50(64)55-42(48(62)53-25-9-16-46(60)61)26-33-19-23-37(24-20-33)66-30-45(59)58-47/h2-8,10-15,17-24,29,42-44,47,54H,1,9,16,25-28,30H2,(H,53,62)(H,55,64)(H,56,63)(H,57,65)(H,58,59)(H,60,61). The molecule has 0 saturated carbocycles. The predicted octanol–water partition coefficient (Wildman–Crippen LogP) is 5.03. The van der Waals surface area contributed by atoms with Gasteiger partial charge in [0.15, 0.2) is 6.61 Å². The van der Waals surface area contributed by atoms with Gasteiger partial charge in [0.2, 0.25) is 23.6 Å². The minimum absolute atomic E-state index is 0.00314. The molecule has 0 fully saturated rings. The van der Waals surface area contributed by atoms with E-state index in [0.717, 1.165) is 22.0 Å². The van der Waals surface area contributed by atoms with E-state index in [2.05, 4.69) is 38.1 Å². The Balaban J connectivity index is 1.26. The number of hydrogen-bond acceptors (Lipinski definition) is 7. The van der Waals surface area contributed by atoms with Gasteiger partial charge in [-0.05, 0) is 64.1 Å². The fraction of sp³-hybridized carbons (Fsp3) is 0.216. The molecule has 2 aliphatic rings. The number of aliphatic carboxylic acids is 1. The Morgan fingerprint density at radius 2 is 1.38 bits per heavy atom. The average Bonchev–Trinajstić information content (AvgIpc) is 3.76. The molecule has 0 spiro atoms. The van der Waals surface area contributed by atoms with Crippen LogP contribution in [-0.2, 0) is 48.0 Å². The molecule has 66 heavy (non-hydrogen) atoms. The van der Waals surface area contributed by atoms with Gasteiger partial charge in [-0.25, -0.2) is 4.39 Å². The Morgan fingerprint density at radius 1 is 0.727 bits per heavy atom. The summed E-state index contributed by atoms with van der Waals surface area (Å²) in [6.45, 7) is 3.74. The largest absolute Gasteiger partial charge is 0.484 e. The first-order valence-corrected chi connectivity index (χ1v) is 21.5. The Hall–Kier alpha value is -8.07. The van der Waals surface area contributed by atoms with E-state index in [4.69, 9.17) is 9.84 Å². The van der Waals surface area contributed by atoms with Crippen LogP contribution in [0, 0.1) is 5.82 Å². The van der Waals surface area contributed by atoms with Crippen LogP contribution in [0.15, 0.2) is 140 Å². The van der Waals surface area contributed by atoms with E-state index < -0.39 is 72.1 Å². The lowest BCUT2D eigenvalue weighted by molar-refractivity contribution is -0.137. The van der Waals surface area contributed by atoms with Crippen molar-refractivity contribution >= 4 is 52.0 Å². The van der Waals surface area contributed by atoms with Crippen LogP contribution in [-0.4, -0.2) is 82.9 Å². The third-order valence-corrected chi connectivity index (χ3v) is 11.2. The van der Waals surface area contributed by atoms with Gasteiger partial charge in [0.05, 0.1) is 0 Å². The third kappa shape index (κ3) is 11.9. The summed E-state index contributed by atoms with van der Waals surface area (Å²) in [6.07, 6.45) is 1.14. The fourth-order valence-electron chi connectivity index (χ4n) is 7.70. The molecule has 14 nitrogen and oxygen atoms in total. The molecule has 338 valence electrons. The van der Waals surface area contributed by atoms with Crippen molar-refractivity contribution in [1.82, 2.24) is 31.6 Å². The summed E-state index contributed by atoms with van der Waals surface area (Å²) >= 11 is 0. The zero-order valence-electron chi connectivity index (χ0n) is 35.9. The van der Waals surface area contributed by atoms with E-state index in [1.165, 1.54) is 18.2 Å². The Morgan fingerprint density at radius 3 is 2.12 bits per heavy atom. The number of para-hydroxylation sites is 1. The number of rotatable bonds is 12. The molecular formula is C51H49FN6O8. The molecule has 5 aromatic carbocycles. The van der Waals surface area contributed by atoms with Gasteiger partial charge >= 0.3 is 5.97 Å². The van der Waals surface area contributed by atoms with Gasteiger partial charge in [-0.2, -0.15) is 0 Å². The highest BCUT2D eigenvalue weighted by Gasteiger charge is 2.34. The number of nitrogens with one attached hydrogen (secondary N) is 6. The topological polar surface area (TPSA) is 208 Å². The lowest BCUT2D eigenvalue weighted by atomic mass is 9.97. The number of amides is 5. The van der Waals surface area contributed by atoms with Crippen molar-refractivity contribution in [2.24, 2.45) is 0 Å². The van der Waals surface area contributed by atoms with Crippen molar-refractivity contribution in [3.8, 4) is 16.9 Å². The van der Waals surface area contributed by atoms with E-state index in [9.17, 15) is 28.8 Å². The molecule has 0 saturated heterocycles. The number of fused-ring (bicyclic) bond motifs is 17. The summed E-state index contributed by atoms with van der Waals surface area (Å²) in [7, 11) is 0. The van der Waals surface area contributed by atoms with Crippen LogP contribution in [0.4, 0.5) is 4.39 Å². The van der Waals surface area contributed by atoms with E-state index in [-0.39, 0.29) is 49.8 Å². The number of H-pyrrole nitrogens is 1. The van der Waals surface area contributed by atoms with Gasteiger partial charge in [0.1, 0.15) is 35.7 Å². The maximum Gasteiger partial charge on any atom is 0.303 e. The van der Waals surface area contributed by atoms with Crippen LogP contribution in [0.3, 0.4) is 0 Å². The molecule has 15 heteroatoms. The van der Waals surface area contributed by atoms with Crippen molar-refractivity contribution in [2.75, 3.05) is 13.2 Å². The maximum absolute atomic E-state index is 15.3. The van der Waals surface area contributed by atoms with E-state index in [1.54, 1.807) is 36.5 Å². The fourth-order valence-corrected chi connectivity index (χ4v) is 7.70. The second kappa shape index (κ2) is 21.5. The quantitative estimate of drug-likeness (QED) is 0.0654.